The van der Waals surface area contributed by atoms with E-state index in [0.29, 0.717) is 0 Å². The maximum Gasteiger partial charge on any atom is 0.258 e. The van der Waals surface area contributed by atoms with Crippen molar-refractivity contribution < 1.29 is 22.6 Å². The molecular weight excluding hydrogens is 250 g/mol. The molecule has 0 atom stereocenters. The summed E-state index contributed by atoms with van der Waals surface area (Å²) in [4.78, 5) is 15.3. The van der Waals surface area contributed by atoms with Gasteiger partial charge in [-0.05, 0) is 13.8 Å². The molecular formula is C8H13N3O5S. The second-order valence-electron chi connectivity index (χ2n) is 3.21. The molecule has 17 heavy (non-hydrogen) atoms. The summed E-state index contributed by atoms with van der Waals surface area (Å²) in [6.45, 7) is 2.55. The maximum absolute atomic E-state index is 11.8. The summed E-state index contributed by atoms with van der Waals surface area (Å²) in [6, 6.07) is 0. The first-order chi connectivity index (χ1) is 7.88. The predicted molar refractivity (Wildman–Crippen MR) is 56.3 cm³/mol. The van der Waals surface area contributed by atoms with Gasteiger partial charge in [-0.2, -0.15) is 0 Å². The van der Waals surface area contributed by atoms with E-state index < -0.39 is 22.5 Å². The van der Waals surface area contributed by atoms with Crippen LogP contribution in [0.4, 0.5) is 0 Å². The Balaban J connectivity index is 2.80. The Labute approximate surface area is 98.3 Å². The molecule has 1 heterocycles. The average molecular weight is 263 g/mol. The summed E-state index contributed by atoms with van der Waals surface area (Å²) in [5.41, 5.74) is 2.23. The molecule has 8 nitrogen and oxygen atoms in total. The maximum atomic E-state index is 11.8. The van der Waals surface area contributed by atoms with Crippen molar-refractivity contribution in [2.75, 3.05) is 13.7 Å². The van der Waals surface area contributed by atoms with Crippen LogP contribution in [0.1, 0.15) is 11.5 Å². The fraction of sp³-hybridized carbons (Fsp3) is 0.500. The van der Waals surface area contributed by atoms with E-state index in [1.807, 2.05) is 5.48 Å². The van der Waals surface area contributed by atoms with Crippen molar-refractivity contribution in [2.24, 2.45) is 0 Å². The molecule has 1 aromatic rings. The van der Waals surface area contributed by atoms with Crippen LogP contribution in [0, 0.1) is 13.8 Å². The molecule has 0 saturated heterocycles. The van der Waals surface area contributed by atoms with Gasteiger partial charge in [0.2, 0.25) is 10.0 Å². The summed E-state index contributed by atoms with van der Waals surface area (Å²) >= 11 is 0. The summed E-state index contributed by atoms with van der Waals surface area (Å²) in [5.74, 6) is -0.440. The van der Waals surface area contributed by atoms with Crippen molar-refractivity contribution in [1.29, 1.82) is 0 Å². The van der Waals surface area contributed by atoms with Crippen LogP contribution in [0.3, 0.4) is 0 Å². The van der Waals surface area contributed by atoms with Crippen molar-refractivity contribution >= 4 is 15.9 Å². The number of nitrogens with one attached hydrogen (secondary N) is 2. The Morgan fingerprint density at radius 3 is 2.59 bits per heavy atom. The predicted octanol–water partition coefficient (Wildman–Crippen LogP) is -0.753. The Kier molecular flexibility index (Phi) is 4.21. The van der Waals surface area contributed by atoms with Crippen molar-refractivity contribution in [3.05, 3.63) is 11.5 Å². The van der Waals surface area contributed by atoms with E-state index in [1.54, 1.807) is 0 Å². The zero-order chi connectivity index (χ0) is 13.1. The van der Waals surface area contributed by atoms with Gasteiger partial charge >= 0.3 is 0 Å². The van der Waals surface area contributed by atoms with E-state index in [9.17, 15) is 13.2 Å². The van der Waals surface area contributed by atoms with Gasteiger partial charge in [-0.1, -0.05) is 5.16 Å². The molecule has 0 aliphatic heterocycles. The SMILES string of the molecule is CONC(=O)CNS(=O)(=O)c1c(C)noc1C. The first-order valence-corrected chi connectivity index (χ1v) is 6.11. The van der Waals surface area contributed by atoms with Crippen molar-refractivity contribution in [1.82, 2.24) is 15.4 Å². The van der Waals surface area contributed by atoms with Gasteiger partial charge in [-0.3, -0.25) is 9.63 Å². The molecule has 1 amide bonds. The van der Waals surface area contributed by atoms with Crippen LogP contribution in [0.5, 0.6) is 0 Å². The zero-order valence-electron chi connectivity index (χ0n) is 9.60. The second kappa shape index (κ2) is 5.25. The van der Waals surface area contributed by atoms with Crippen LogP contribution in [-0.2, 0) is 19.7 Å². The Hall–Kier alpha value is -1.45. The van der Waals surface area contributed by atoms with Gasteiger partial charge in [0.1, 0.15) is 10.6 Å². The molecule has 2 N–H and O–H groups in total. The molecule has 0 bridgehead atoms. The standard InChI is InChI=1S/C8H13N3O5S/c1-5-8(6(2)16-10-5)17(13,14)9-4-7(12)11-15-3/h9H,4H2,1-3H3,(H,11,12). The summed E-state index contributed by atoms with van der Waals surface area (Å²) in [6.07, 6.45) is 0. The molecule has 0 spiro atoms. The lowest BCUT2D eigenvalue weighted by atomic mass is 10.4. The molecule has 0 radical (unpaired) electrons. The smallest absolute Gasteiger partial charge is 0.258 e. The summed E-state index contributed by atoms with van der Waals surface area (Å²) in [7, 11) is -2.56. The number of rotatable bonds is 5. The highest BCUT2D eigenvalue weighted by atomic mass is 32.2. The lowest BCUT2D eigenvalue weighted by molar-refractivity contribution is -0.130. The quantitative estimate of drug-likeness (QED) is 0.676. The van der Waals surface area contributed by atoms with Gasteiger partial charge in [0.25, 0.3) is 5.91 Å². The van der Waals surface area contributed by atoms with Crippen LogP contribution in [0.25, 0.3) is 0 Å². The largest absolute Gasteiger partial charge is 0.360 e. The Morgan fingerprint density at radius 2 is 2.12 bits per heavy atom. The molecule has 0 saturated carbocycles. The second-order valence-corrected chi connectivity index (χ2v) is 4.91. The minimum absolute atomic E-state index is 0.0530. The number of hydrogen-bond donors (Lipinski definition) is 2. The van der Waals surface area contributed by atoms with E-state index in [0.717, 1.165) is 0 Å². The zero-order valence-corrected chi connectivity index (χ0v) is 10.4. The number of aromatic nitrogens is 1. The van der Waals surface area contributed by atoms with Crippen molar-refractivity contribution in [3.63, 3.8) is 0 Å². The molecule has 96 valence electrons. The molecule has 1 rings (SSSR count). The van der Waals surface area contributed by atoms with E-state index in [2.05, 4.69) is 14.7 Å². The normalized spacial score (nSPS) is 11.5. The fourth-order valence-corrected chi connectivity index (χ4v) is 2.55. The van der Waals surface area contributed by atoms with Gasteiger partial charge in [0.15, 0.2) is 5.76 Å². The van der Waals surface area contributed by atoms with Crippen LogP contribution in [0.2, 0.25) is 0 Å². The minimum Gasteiger partial charge on any atom is -0.360 e. The van der Waals surface area contributed by atoms with Gasteiger partial charge in [-0.15, -0.1) is 0 Å². The number of hydrogen-bond acceptors (Lipinski definition) is 6. The molecule has 1 aromatic heterocycles. The Bertz CT molecular complexity index is 488. The number of carbonyl (C=O) groups excluding carboxylic acids is 1. The van der Waals surface area contributed by atoms with Gasteiger partial charge in [0, 0.05) is 0 Å². The topological polar surface area (TPSA) is 111 Å². The lowest BCUT2D eigenvalue weighted by Crippen LogP contribution is -2.36. The Morgan fingerprint density at radius 1 is 1.47 bits per heavy atom. The number of nitrogens with zero attached hydrogens (tertiary/aromatic N) is 1. The lowest BCUT2D eigenvalue weighted by Gasteiger charge is -2.05. The number of hydroxylamine groups is 1. The van der Waals surface area contributed by atoms with Crippen LogP contribution in [-0.4, -0.2) is 33.1 Å². The molecule has 0 aromatic carbocycles. The third kappa shape index (κ3) is 3.25. The van der Waals surface area contributed by atoms with E-state index >= 15 is 0 Å². The summed E-state index contributed by atoms with van der Waals surface area (Å²) in [5, 5.41) is 3.53. The highest BCUT2D eigenvalue weighted by molar-refractivity contribution is 7.89. The third-order valence-corrected chi connectivity index (χ3v) is 3.52. The van der Waals surface area contributed by atoms with E-state index in [-0.39, 0.29) is 16.3 Å². The first-order valence-electron chi connectivity index (χ1n) is 4.63. The number of aryl methyl sites for hydroxylation is 2. The highest BCUT2D eigenvalue weighted by Gasteiger charge is 2.24. The molecule has 0 fully saturated rings. The number of amides is 1. The number of sulfonamides is 1. The average Bonchev–Trinajstić information content (AvgIpc) is 2.57. The van der Waals surface area contributed by atoms with E-state index in [1.165, 1.54) is 21.0 Å². The van der Waals surface area contributed by atoms with Gasteiger partial charge in [-0.25, -0.2) is 18.6 Å². The van der Waals surface area contributed by atoms with Crippen molar-refractivity contribution in [2.45, 2.75) is 18.7 Å². The molecule has 0 unspecified atom stereocenters. The molecule has 0 aliphatic carbocycles. The van der Waals surface area contributed by atoms with Crippen LogP contribution in [0.15, 0.2) is 9.42 Å². The van der Waals surface area contributed by atoms with Crippen LogP contribution < -0.4 is 10.2 Å². The summed E-state index contributed by atoms with van der Waals surface area (Å²) < 4.78 is 30.5. The van der Waals surface area contributed by atoms with E-state index in [4.69, 9.17) is 4.52 Å². The minimum atomic E-state index is -3.81. The fourth-order valence-electron chi connectivity index (χ4n) is 1.24. The first kappa shape index (κ1) is 13.6. The molecule has 9 heteroatoms. The monoisotopic (exact) mass is 263 g/mol. The van der Waals surface area contributed by atoms with Gasteiger partial charge < -0.3 is 4.52 Å². The highest BCUT2D eigenvalue weighted by Crippen LogP contribution is 2.17. The van der Waals surface area contributed by atoms with Crippen LogP contribution >= 0.6 is 0 Å². The number of carbonyl (C=O) groups is 1. The third-order valence-electron chi connectivity index (χ3n) is 1.88. The van der Waals surface area contributed by atoms with Crippen molar-refractivity contribution in [3.8, 4) is 0 Å². The molecule has 0 aliphatic rings. The van der Waals surface area contributed by atoms with Gasteiger partial charge in [0.05, 0.1) is 13.7 Å².